The maximum atomic E-state index is 14.6. The number of nitrogens with one attached hydrogen (secondary N) is 2. The highest BCUT2D eigenvalue weighted by atomic mass is 35.5. The highest BCUT2D eigenvalue weighted by Gasteiger charge is 2.18. The number of amides is 1. The molecule has 1 amide bonds. The van der Waals surface area contributed by atoms with Crippen LogP contribution in [0.1, 0.15) is 39.8 Å². The number of pyridine rings is 2. The van der Waals surface area contributed by atoms with Gasteiger partial charge in [0, 0.05) is 58.1 Å². The summed E-state index contributed by atoms with van der Waals surface area (Å²) < 4.78 is 14.6. The molecule has 0 bridgehead atoms. The summed E-state index contributed by atoms with van der Waals surface area (Å²) in [5.74, 6) is -0.924. The topological polar surface area (TPSA) is 70.7 Å². The third-order valence-corrected chi connectivity index (χ3v) is 6.29. The molecule has 3 aromatic heterocycles. The first kappa shape index (κ1) is 22.0. The van der Waals surface area contributed by atoms with E-state index in [1.54, 1.807) is 24.5 Å². The molecule has 0 unspecified atom stereocenters. The standard InChI is InChI=1S/C27H22ClFN4O/c1-3-18-19(27(34)33-26-12-20-21(28)14-31-25(20)13-22(26)29)8-9-30-24(18)11-16-5-7-17-6-4-15(2)32-23(17)10-16/h4-10,12-14,31H,3,11H2,1-2H3,(H,33,34). The molecule has 2 aromatic carbocycles. The zero-order valence-electron chi connectivity index (χ0n) is 18.7. The van der Waals surface area contributed by atoms with Gasteiger partial charge in [0.05, 0.1) is 16.2 Å². The van der Waals surface area contributed by atoms with Gasteiger partial charge in [-0.1, -0.05) is 36.7 Å². The smallest absolute Gasteiger partial charge is 0.256 e. The summed E-state index contributed by atoms with van der Waals surface area (Å²) in [4.78, 5) is 25.2. The molecule has 0 spiro atoms. The molecule has 0 atom stereocenters. The van der Waals surface area contributed by atoms with Crippen LogP contribution in [0.15, 0.2) is 60.9 Å². The van der Waals surface area contributed by atoms with Crippen molar-refractivity contribution in [1.82, 2.24) is 15.0 Å². The Hall–Kier alpha value is -3.77. The van der Waals surface area contributed by atoms with Crippen molar-refractivity contribution in [2.75, 3.05) is 5.32 Å². The number of H-pyrrole nitrogens is 1. The molecule has 34 heavy (non-hydrogen) atoms. The minimum absolute atomic E-state index is 0.0791. The van der Waals surface area contributed by atoms with E-state index in [1.807, 2.05) is 26.0 Å². The summed E-state index contributed by atoms with van der Waals surface area (Å²) in [7, 11) is 0. The van der Waals surface area contributed by atoms with Crippen molar-refractivity contribution in [3.63, 3.8) is 0 Å². The summed E-state index contributed by atoms with van der Waals surface area (Å²) in [6.45, 7) is 3.95. The average Bonchev–Trinajstić information content (AvgIpc) is 3.18. The number of aryl methyl sites for hydroxylation is 1. The van der Waals surface area contributed by atoms with E-state index in [4.69, 9.17) is 11.6 Å². The van der Waals surface area contributed by atoms with Crippen molar-refractivity contribution in [3.8, 4) is 0 Å². The van der Waals surface area contributed by atoms with Crippen LogP contribution in [0.4, 0.5) is 10.1 Å². The third-order valence-electron chi connectivity index (χ3n) is 5.98. The molecule has 0 aliphatic heterocycles. The zero-order valence-corrected chi connectivity index (χ0v) is 19.5. The minimum Gasteiger partial charge on any atom is -0.360 e. The van der Waals surface area contributed by atoms with Crippen molar-refractivity contribution < 1.29 is 9.18 Å². The number of carbonyl (C=O) groups is 1. The lowest BCUT2D eigenvalue weighted by atomic mass is 9.98. The number of carbonyl (C=O) groups excluding carboxylic acids is 1. The molecule has 0 saturated carbocycles. The van der Waals surface area contributed by atoms with Gasteiger partial charge in [-0.3, -0.25) is 14.8 Å². The molecule has 0 saturated heterocycles. The monoisotopic (exact) mass is 472 g/mol. The molecule has 5 aromatic rings. The third kappa shape index (κ3) is 4.13. The number of rotatable bonds is 5. The fourth-order valence-corrected chi connectivity index (χ4v) is 4.47. The lowest BCUT2D eigenvalue weighted by molar-refractivity contribution is 0.102. The van der Waals surface area contributed by atoms with Crippen LogP contribution >= 0.6 is 11.6 Å². The number of aromatic nitrogens is 3. The zero-order chi connectivity index (χ0) is 23.8. The van der Waals surface area contributed by atoms with Crippen LogP contribution in [0.3, 0.4) is 0 Å². The highest BCUT2D eigenvalue weighted by molar-refractivity contribution is 6.35. The van der Waals surface area contributed by atoms with Crippen LogP contribution in [0.25, 0.3) is 21.8 Å². The second kappa shape index (κ2) is 8.88. The van der Waals surface area contributed by atoms with Crippen LogP contribution in [-0.4, -0.2) is 20.9 Å². The van der Waals surface area contributed by atoms with E-state index in [0.29, 0.717) is 34.3 Å². The van der Waals surface area contributed by atoms with Gasteiger partial charge < -0.3 is 10.3 Å². The fraction of sp³-hybridized carbons (Fsp3) is 0.148. The lowest BCUT2D eigenvalue weighted by Crippen LogP contribution is -2.17. The number of anilines is 1. The average molecular weight is 473 g/mol. The van der Waals surface area contributed by atoms with Gasteiger partial charge >= 0.3 is 0 Å². The Morgan fingerprint density at radius 2 is 1.97 bits per heavy atom. The van der Waals surface area contributed by atoms with Gasteiger partial charge in [0.15, 0.2) is 0 Å². The number of benzene rings is 2. The van der Waals surface area contributed by atoms with Crippen LogP contribution in [0.2, 0.25) is 5.02 Å². The Morgan fingerprint density at radius 1 is 1.15 bits per heavy atom. The summed E-state index contributed by atoms with van der Waals surface area (Å²) in [6, 6.07) is 14.7. The van der Waals surface area contributed by atoms with Crippen LogP contribution in [-0.2, 0) is 12.8 Å². The molecular formula is C27H22ClFN4O. The molecular weight excluding hydrogens is 451 g/mol. The molecule has 0 fully saturated rings. The van der Waals surface area contributed by atoms with Gasteiger partial charge in [-0.05, 0) is 48.7 Å². The largest absolute Gasteiger partial charge is 0.360 e. The number of halogens is 2. The number of nitrogens with zero attached hydrogens (tertiary/aromatic N) is 2. The summed E-state index contributed by atoms with van der Waals surface area (Å²) in [6.07, 6.45) is 4.39. The predicted molar refractivity (Wildman–Crippen MR) is 134 cm³/mol. The van der Waals surface area contributed by atoms with Crippen LogP contribution in [0, 0.1) is 12.7 Å². The van der Waals surface area contributed by atoms with E-state index in [1.165, 1.54) is 6.07 Å². The van der Waals surface area contributed by atoms with E-state index >= 15 is 0 Å². The molecule has 2 N–H and O–H groups in total. The molecule has 0 radical (unpaired) electrons. The first-order chi connectivity index (χ1) is 16.4. The lowest BCUT2D eigenvalue weighted by Gasteiger charge is -2.14. The maximum Gasteiger partial charge on any atom is 0.256 e. The van der Waals surface area contributed by atoms with E-state index in [0.717, 1.165) is 33.4 Å². The first-order valence-electron chi connectivity index (χ1n) is 11.0. The highest BCUT2D eigenvalue weighted by Crippen LogP contribution is 2.29. The SMILES string of the molecule is CCc1c(C(=O)Nc2cc3c(Cl)c[nH]c3cc2F)ccnc1Cc1ccc2ccc(C)nc2c1. The van der Waals surface area contributed by atoms with Crippen molar-refractivity contribution in [2.45, 2.75) is 26.7 Å². The fourth-order valence-electron chi connectivity index (χ4n) is 4.26. The molecule has 7 heteroatoms. The second-order valence-corrected chi connectivity index (χ2v) is 8.67. The van der Waals surface area contributed by atoms with Crippen molar-refractivity contribution >= 4 is 45.0 Å². The number of hydrogen-bond donors (Lipinski definition) is 2. The van der Waals surface area contributed by atoms with Gasteiger partial charge in [0.25, 0.3) is 5.91 Å². The summed E-state index contributed by atoms with van der Waals surface area (Å²) >= 11 is 6.16. The Morgan fingerprint density at radius 3 is 2.79 bits per heavy atom. The predicted octanol–water partition coefficient (Wildman–Crippen LogP) is 6.62. The first-order valence-corrected chi connectivity index (χ1v) is 11.4. The number of fused-ring (bicyclic) bond motifs is 2. The molecule has 5 rings (SSSR count). The van der Waals surface area contributed by atoms with E-state index in [2.05, 4.69) is 38.5 Å². The van der Waals surface area contributed by atoms with E-state index in [-0.39, 0.29) is 11.6 Å². The van der Waals surface area contributed by atoms with Crippen molar-refractivity contribution in [2.24, 2.45) is 0 Å². The molecule has 170 valence electrons. The van der Waals surface area contributed by atoms with Crippen molar-refractivity contribution in [1.29, 1.82) is 0 Å². The number of aromatic amines is 1. The van der Waals surface area contributed by atoms with Gasteiger partial charge in [-0.25, -0.2) is 4.39 Å². The summed E-state index contributed by atoms with van der Waals surface area (Å²) in [5, 5.41) is 4.89. The minimum atomic E-state index is -0.536. The van der Waals surface area contributed by atoms with Crippen molar-refractivity contribution in [3.05, 3.63) is 99.8 Å². The van der Waals surface area contributed by atoms with Gasteiger partial charge in [0.1, 0.15) is 5.82 Å². The van der Waals surface area contributed by atoms with Gasteiger partial charge in [-0.15, -0.1) is 0 Å². The van der Waals surface area contributed by atoms with E-state index in [9.17, 15) is 9.18 Å². The molecule has 3 heterocycles. The second-order valence-electron chi connectivity index (χ2n) is 8.26. The number of hydrogen-bond acceptors (Lipinski definition) is 3. The summed E-state index contributed by atoms with van der Waals surface area (Å²) in [5.41, 5.74) is 5.72. The quantitative estimate of drug-likeness (QED) is 0.302. The van der Waals surface area contributed by atoms with Gasteiger partial charge in [0.2, 0.25) is 0 Å². The Labute approximate surface area is 201 Å². The molecule has 0 aliphatic rings. The Kier molecular flexibility index (Phi) is 5.75. The molecule has 0 aliphatic carbocycles. The Balaban J connectivity index is 1.46. The van der Waals surface area contributed by atoms with Gasteiger partial charge in [-0.2, -0.15) is 0 Å². The normalized spacial score (nSPS) is 11.3. The molecule has 5 nitrogen and oxygen atoms in total. The maximum absolute atomic E-state index is 14.6. The van der Waals surface area contributed by atoms with Crippen LogP contribution < -0.4 is 5.32 Å². The van der Waals surface area contributed by atoms with E-state index < -0.39 is 5.82 Å². The Bertz CT molecular complexity index is 1560. The van der Waals surface area contributed by atoms with Crippen LogP contribution in [0.5, 0.6) is 0 Å².